The smallest absolute Gasteiger partial charge is 0.234 e. The lowest BCUT2D eigenvalue weighted by Gasteiger charge is -2.22. The van der Waals surface area contributed by atoms with E-state index in [4.69, 9.17) is 9.84 Å². The first-order valence-electron chi connectivity index (χ1n) is 7.42. The van der Waals surface area contributed by atoms with Gasteiger partial charge in [-0.25, -0.2) is 0 Å². The molecule has 0 amide bonds. The van der Waals surface area contributed by atoms with Gasteiger partial charge in [0.15, 0.2) is 5.82 Å². The fourth-order valence-electron chi connectivity index (χ4n) is 3.15. The Hall–Kier alpha value is -1.05. The zero-order valence-corrected chi connectivity index (χ0v) is 12.2. The summed E-state index contributed by atoms with van der Waals surface area (Å²) >= 11 is 1.65. The summed E-state index contributed by atoms with van der Waals surface area (Å²) in [5, 5.41) is 18.0. The summed E-state index contributed by atoms with van der Waals surface area (Å²) in [4.78, 5) is 0.929. The second-order valence-electron chi connectivity index (χ2n) is 5.66. The van der Waals surface area contributed by atoms with E-state index in [1.54, 1.807) is 11.3 Å². The maximum Gasteiger partial charge on any atom is 0.234 e. The summed E-state index contributed by atoms with van der Waals surface area (Å²) in [7, 11) is 0. The molecule has 0 aromatic carbocycles. The summed E-state index contributed by atoms with van der Waals surface area (Å²) in [5.74, 6) is 1.61. The van der Waals surface area contributed by atoms with Crippen molar-refractivity contribution in [2.24, 2.45) is 0 Å². The van der Waals surface area contributed by atoms with Crippen LogP contribution in [-0.4, -0.2) is 45.6 Å². The second-order valence-corrected chi connectivity index (χ2v) is 6.70. The van der Waals surface area contributed by atoms with E-state index in [0.717, 1.165) is 42.0 Å². The highest BCUT2D eigenvalue weighted by atomic mass is 32.1. The van der Waals surface area contributed by atoms with Gasteiger partial charge in [0.1, 0.15) is 5.01 Å². The van der Waals surface area contributed by atoms with E-state index in [2.05, 4.69) is 15.5 Å². The highest BCUT2D eigenvalue weighted by Gasteiger charge is 2.24. The SMILES string of the molecule is C1CCC(c2nnc3sc(CC4COCCN4)nn23)C1. The molecule has 1 aliphatic heterocycles. The third-order valence-electron chi connectivity index (χ3n) is 4.20. The van der Waals surface area contributed by atoms with Crippen molar-refractivity contribution in [3.05, 3.63) is 10.8 Å². The van der Waals surface area contributed by atoms with Crippen LogP contribution in [-0.2, 0) is 11.2 Å². The molecule has 2 aliphatic rings. The normalized spacial score (nSPS) is 24.7. The molecule has 1 aliphatic carbocycles. The van der Waals surface area contributed by atoms with Crippen LogP contribution in [0.25, 0.3) is 4.96 Å². The molecule has 1 N–H and O–H groups in total. The van der Waals surface area contributed by atoms with Crippen molar-refractivity contribution in [2.45, 2.75) is 44.1 Å². The minimum atomic E-state index is 0.377. The van der Waals surface area contributed by atoms with Crippen LogP contribution in [0.2, 0.25) is 0 Å². The summed E-state index contributed by atoms with van der Waals surface area (Å²) < 4.78 is 7.47. The molecule has 20 heavy (non-hydrogen) atoms. The summed E-state index contributed by atoms with van der Waals surface area (Å²) in [6.45, 7) is 2.52. The molecule has 4 rings (SSSR count). The molecule has 108 valence electrons. The number of hydrogen-bond donors (Lipinski definition) is 1. The molecule has 1 saturated carbocycles. The van der Waals surface area contributed by atoms with Crippen molar-refractivity contribution in [3.8, 4) is 0 Å². The molecule has 2 aromatic rings. The van der Waals surface area contributed by atoms with Gasteiger partial charge in [0, 0.05) is 24.9 Å². The lowest BCUT2D eigenvalue weighted by molar-refractivity contribution is 0.0769. The minimum absolute atomic E-state index is 0.377. The van der Waals surface area contributed by atoms with Crippen LogP contribution < -0.4 is 5.32 Å². The van der Waals surface area contributed by atoms with Crippen LogP contribution in [0.1, 0.15) is 42.4 Å². The molecular weight excluding hydrogens is 274 g/mol. The van der Waals surface area contributed by atoms with Crippen molar-refractivity contribution in [1.82, 2.24) is 25.1 Å². The number of ether oxygens (including phenoxy) is 1. The summed E-state index contributed by atoms with van der Waals surface area (Å²) in [6, 6.07) is 0.377. The van der Waals surface area contributed by atoms with Crippen LogP contribution in [0.4, 0.5) is 0 Å². The Morgan fingerprint density at radius 1 is 1.30 bits per heavy atom. The third-order valence-corrected chi connectivity index (χ3v) is 5.12. The molecule has 2 aromatic heterocycles. The van der Waals surface area contributed by atoms with E-state index in [1.807, 2.05) is 4.52 Å². The Morgan fingerprint density at radius 3 is 3.00 bits per heavy atom. The molecule has 1 unspecified atom stereocenters. The zero-order chi connectivity index (χ0) is 13.4. The van der Waals surface area contributed by atoms with Gasteiger partial charge in [-0.15, -0.1) is 10.2 Å². The van der Waals surface area contributed by atoms with Crippen molar-refractivity contribution in [2.75, 3.05) is 19.8 Å². The quantitative estimate of drug-likeness (QED) is 0.926. The zero-order valence-electron chi connectivity index (χ0n) is 11.4. The van der Waals surface area contributed by atoms with Crippen molar-refractivity contribution in [1.29, 1.82) is 0 Å². The average molecular weight is 293 g/mol. The van der Waals surface area contributed by atoms with Gasteiger partial charge < -0.3 is 10.1 Å². The Bertz CT molecular complexity index is 583. The summed E-state index contributed by atoms with van der Waals surface area (Å²) in [6.07, 6.45) is 5.98. The number of hydrogen-bond acceptors (Lipinski definition) is 6. The van der Waals surface area contributed by atoms with Gasteiger partial charge in [-0.05, 0) is 12.8 Å². The molecule has 7 heteroatoms. The summed E-state index contributed by atoms with van der Waals surface area (Å²) in [5.41, 5.74) is 0. The number of aromatic nitrogens is 4. The van der Waals surface area contributed by atoms with Crippen molar-refractivity contribution >= 4 is 16.3 Å². The van der Waals surface area contributed by atoms with Gasteiger partial charge in [0.25, 0.3) is 0 Å². The highest BCUT2D eigenvalue weighted by molar-refractivity contribution is 7.16. The predicted octanol–water partition coefficient (Wildman–Crippen LogP) is 1.37. The van der Waals surface area contributed by atoms with Gasteiger partial charge in [-0.2, -0.15) is 9.61 Å². The lowest BCUT2D eigenvalue weighted by atomic mass is 10.1. The molecule has 0 radical (unpaired) electrons. The van der Waals surface area contributed by atoms with E-state index < -0.39 is 0 Å². The molecule has 0 bridgehead atoms. The van der Waals surface area contributed by atoms with Crippen LogP contribution in [0, 0.1) is 0 Å². The number of nitrogens with zero attached hydrogens (tertiary/aromatic N) is 4. The first kappa shape index (κ1) is 12.7. The second kappa shape index (κ2) is 5.38. The lowest BCUT2D eigenvalue weighted by Crippen LogP contribution is -2.42. The first-order valence-corrected chi connectivity index (χ1v) is 8.24. The Morgan fingerprint density at radius 2 is 2.20 bits per heavy atom. The topological polar surface area (TPSA) is 64.3 Å². The van der Waals surface area contributed by atoms with Gasteiger partial charge in [-0.1, -0.05) is 24.2 Å². The molecular formula is C13H19N5OS. The minimum Gasteiger partial charge on any atom is -0.379 e. The fraction of sp³-hybridized carbons (Fsp3) is 0.769. The molecule has 3 heterocycles. The Balaban J connectivity index is 1.55. The monoisotopic (exact) mass is 293 g/mol. The first-order chi connectivity index (χ1) is 9.90. The predicted molar refractivity (Wildman–Crippen MR) is 76.2 cm³/mol. The number of fused-ring (bicyclic) bond motifs is 1. The van der Waals surface area contributed by atoms with E-state index in [-0.39, 0.29) is 0 Å². The maximum atomic E-state index is 5.49. The van der Waals surface area contributed by atoms with E-state index in [1.165, 1.54) is 25.7 Å². The fourth-order valence-corrected chi connectivity index (χ4v) is 4.07. The Kier molecular flexibility index (Phi) is 3.41. The maximum absolute atomic E-state index is 5.49. The third kappa shape index (κ3) is 2.34. The van der Waals surface area contributed by atoms with Gasteiger partial charge in [0.2, 0.25) is 4.96 Å². The van der Waals surface area contributed by atoms with Gasteiger partial charge >= 0.3 is 0 Å². The van der Waals surface area contributed by atoms with Gasteiger partial charge in [-0.3, -0.25) is 0 Å². The van der Waals surface area contributed by atoms with Crippen molar-refractivity contribution < 1.29 is 4.74 Å². The largest absolute Gasteiger partial charge is 0.379 e. The number of morpholine rings is 1. The van der Waals surface area contributed by atoms with E-state index in [9.17, 15) is 0 Å². The number of rotatable bonds is 3. The highest BCUT2D eigenvalue weighted by Crippen LogP contribution is 2.33. The molecule has 1 saturated heterocycles. The van der Waals surface area contributed by atoms with E-state index >= 15 is 0 Å². The Labute approximate surface area is 121 Å². The van der Waals surface area contributed by atoms with Crippen LogP contribution in [0.15, 0.2) is 0 Å². The molecule has 1 atom stereocenters. The molecule has 2 fully saturated rings. The van der Waals surface area contributed by atoms with Gasteiger partial charge in [0.05, 0.1) is 13.2 Å². The van der Waals surface area contributed by atoms with Crippen LogP contribution >= 0.6 is 11.3 Å². The van der Waals surface area contributed by atoms with E-state index in [0.29, 0.717) is 12.0 Å². The van der Waals surface area contributed by atoms with Crippen LogP contribution in [0.5, 0.6) is 0 Å². The van der Waals surface area contributed by atoms with Crippen molar-refractivity contribution in [3.63, 3.8) is 0 Å². The number of nitrogens with one attached hydrogen (secondary N) is 1. The standard InChI is InChI=1S/C13H19N5OS/c1-2-4-9(3-1)12-15-16-13-18(12)17-11(20-13)7-10-8-19-6-5-14-10/h9-10,14H,1-8H2. The molecule has 0 spiro atoms. The average Bonchev–Trinajstić information content (AvgIpc) is 3.15. The molecule has 6 nitrogen and oxygen atoms in total. The van der Waals surface area contributed by atoms with Crippen LogP contribution in [0.3, 0.4) is 0 Å².